The summed E-state index contributed by atoms with van der Waals surface area (Å²) in [7, 11) is 0. The van der Waals surface area contributed by atoms with Gasteiger partial charge in [-0.25, -0.2) is 4.79 Å². The molecule has 1 fully saturated rings. The number of hydrogen-bond acceptors (Lipinski definition) is 4. The summed E-state index contributed by atoms with van der Waals surface area (Å²) >= 11 is 1.87. The van der Waals surface area contributed by atoms with Crippen LogP contribution in [0, 0.1) is 0 Å². The molecule has 0 bridgehead atoms. The fourth-order valence-corrected chi connectivity index (χ4v) is 3.77. The summed E-state index contributed by atoms with van der Waals surface area (Å²) in [4.78, 5) is 17.1. The van der Waals surface area contributed by atoms with Gasteiger partial charge in [0.15, 0.2) is 0 Å². The van der Waals surface area contributed by atoms with E-state index < -0.39 is 5.60 Å². The van der Waals surface area contributed by atoms with Gasteiger partial charge in [-0.3, -0.25) is 0 Å². The van der Waals surface area contributed by atoms with Crippen LogP contribution in [0.5, 0.6) is 0 Å². The van der Waals surface area contributed by atoms with Crippen LogP contribution in [-0.4, -0.2) is 35.7 Å². The van der Waals surface area contributed by atoms with Gasteiger partial charge in [-0.15, -0.1) is 11.3 Å². The molecule has 1 aromatic heterocycles. The van der Waals surface area contributed by atoms with Crippen LogP contribution >= 0.6 is 11.3 Å². The second-order valence-electron chi connectivity index (χ2n) is 7.18. The average Bonchev–Trinajstić information content (AvgIpc) is 2.94. The van der Waals surface area contributed by atoms with Crippen molar-refractivity contribution >= 4 is 17.4 Å². The zero-order valence-corrected chi connectivity index (χ0v) is 15.7. The zero-order valence-electron chi connectivity index (χ0n) is 14.9. The first-order valence-electron chi connectivity index (χ1n) is 8.67. The molecule has 1 aliphatic heterocycles. The summed E-state index contributed by atoms with van der Waals surface area (Å²) in [5.41, 5.74) is -0.431. The SMILES string of the molecule is CCc1ccc(CNCC2CCCCN2C(=O)OC(C)(C)C)s1. The molecule has 1 aliphatic rings. The third-order valence-corrected chi connectivity index (χ3v) is 5.23. The number of ether oxygens (including phenoxy) is 1. The Labute approximate surface area is 144 Å². The zero-order chi connectivity index (χ0) is 16.9. The summed E-state index contributed by atoms with van der Waals surface area (Å²) in [6, 6.07) is 4.64. The summed E-state index contributed by atoms with van der Waals surface area (Å²) in [6.07, 6.45) is 4.23. The van der Waals surface area contributed by atoms with Gasteiger partial charge in [-0.2, -0.15) is 0 Å². The smallest absolute Gasteiger partial charge is 0.410 e. The summed E-state index contributed by atoms with van der Waals surface area (Å²) in [6.45, 7) is 10.5. The Morgan fingerprint density at radius 3 is 2.74 bits per heavy atom. The minimum absolute atomic E-state index is 0.173. The topological polar surface area (TPSA) is 41.6 Å². The lowest BCUT2D eigenvalue weighted by molar-refractivity contribution is 0.00994. The number of hydrogen-bond donors (Lipinski definition) is 1. The predicted molar refractivity (Wildman–Crippen MR) is 96.0 cm³/mol. The van der Waals surface area contributed by atoms with Crippen molar-refractivity contribution in [2.24, 2.45) is 0 Å². The van der Waals surface area contributed by atoms with Gasteiger partial charge in [0.25, 0.3) is 0 Å². The molecule has 0 spiro atoms. The molecule has 1 amide bonds. The third kappa shape index (κ3) is 5.81. The van der Waals surface area contributed by atoms with Crippen molar-refractivity contribution in [1.29, 1.82) is 0 Å². The van der Waals surface area contributed by atoms with Gasteiger partial charge in [0, 0.05) is 35.4 Å². The van der Waals surface area contributed by atoms with Crippen LogP contribution in [0.3, 0.4) is 0 Å². The van der Waals surface area contributed by atoms with Crippen molar-refractivity contribution in [3.8, 4) is 0 Å². The van der Waals surface area contributed by atoms with E-state index in [2.05, 4.69) is 24.4 Å². The van der Waals surface area contributed by atoms with Crippen molar-refractivity contribution in [3.63, 3.8) is 0 Å². The van der Waals surface area contributed by atoms with E-state index in [4.69, 9.17) is 4.74 Å². The molecule has 5 heteroatoms. The van der Waals surface area contributed by atoms with Gasteiger partial charge in [-0.05, 0) is 58.6 Å². The summed E-state index contributed by atoms with van der Waals surface area (Å²) in [5, 5.41) is 3.52. The van der Waals surface area contributed by atoms with Crippen LogP contribution in [0.15, 0.2) is 12.1 Å². The Balaban J connectivity index is 1.84. The molecule has 1 N–H and O–H groups in total. The number of amides is 1. The highest BCUT2D eigenvalue weighted by Gasteiger charge is 2.30. The Hall–Kier alpha value is -1.07. The Morgan fingerprint density at radius 2 is 2.09 bits per heavy atom. The van der Waals surface area contributed by atoms with E-state index in [1.54, 1.807) is 0 Å². The standard InChI is InChI=1S/C18H30N2O2S/c1-5-15-9-10-16(23-15)13-19-12-14-8-6-7-11-20(14)17(21)22-18(2,3)4/h9-10,14,19H,5-8,11-13H2,1-4H3. The number of likely N-dealkylation sites (tertiary alicyclic amines) is 1. The molecule has 1 unspecified atom stereocenters. The van der Waals surface area contributed by atoms with Crippen molar-refractivity contribution in [2.45, 2.75) is 71.6 Å². The molecule has 0 saturated carbocycles. The second kappa shape index (κ2) is 8.15. The number of aryl methyl sites for hydroxylation is 1. The third-order valence-electron chi connectivity index (χ3n) is 4.00. The van der Waals surface area contributed by atoms with Crippen molar-refractivity contribution in [1.82, 2.24) is 10.2 Å². The molecule has 2 heterocycles. The van der Waals surface area contributed by atoms with Crippen LogP contribution in [0.2, 0.25) is 0 Å². The Morgan fingerprint density at radius 1 is 1.35 bits per heavy atom. The van der Waals surface area contributed by atoms with Gasteiger partial charge in [0.2, 0.25) is 0 Å². The van der Waals surface area contributed by atoms with E-state index >= 15 is 0 Å². The van der Waals surface area contributed by atoms with Crippen LogP contribution < -0.4 is 5.32 Å². The van der Waals surface area contributed by atoms with E-state index in [0.717, 1.165) is 38.9 Å². The van der Waals surface area contributed by atoms with Crippen molar-refractivity contribution < 1.29 is 9.53 Å². The van der Waals surface area contributed by atoms with E-state index in [1.807, 2.05) is 37.0 Å². The van der Waals surface area contributed by atoms with E-state index in [9.17, 15) is 4.79 Å². The number of thiophene rings is 1. The fraction of sp³-hybridized carbons (Fsp3) is 0.722. The number of carbonyl (C=O) groups excluding carboxylic acids is 1. The molecular weight excluding hydrogens is 308 g/mol. The molecule has 130 valence electrons. The first kappa shape index (κ1) is 18.3. The van der Waals surface area contributed by atoms with E-state index in [1.165, 1.54) is 16.2 Å². The first-order chi connectivity index (χ1) is 10.9. The van der Waals surface area contributed by atoms with Gasteiger partial charge in [0.05, 0.1) is 0 Å². The number of nitrogens with zero attached hydrogens (tertiary/aromatic N) is 1. The molecule has 0 aromatic carbocycles. The minimum Gasteiger partial charge on any atom is -0.444 e. The molecule has 23 heavy (non-hydrogen) atoms. The molecule has 2 rings (SSSR count). The van der Waals surface area contributed by atoms with Crippen LogP contribution in [-0.2, 0) is 17.7 Å². The number of rotatable bonds is 5. The lowest BCUT2D eigenvalue weighted by Gasteiger charge is -2.36. The average molecular weight is 339 g/mol. The molecule has 0 aliphatic carbocycles. The Kier molecular flexibility index (Phi) is 6.48. The van der Waals surface area contributed by atoms with Crippen molar-refractivity contribution in [3.05, 3.63) is 21.9 Å². The normalized spacial score (nSPS) is 19.0. The van der Waals surface area contributed by atoms with Gasteiger partial charge in [-0.1, -0.05) is 6.92 Å². The minimum atomic E-state index is -0.431. The van der Waals surface area contributed by atoms with Crippen LogP contribution in [0.4, 0.5) is 4.79 Å². The summed E-state index contributed by atoms with van der Waals surface area (Å²) in [5.74, 6) is 0. The maximum atomic E-state index is 12.4. The van der Waals surface area contributed by atoms with Crippen LogP contribution in [0.25, 0.3) is 0 Å². The van der Waals surface area contributed by atoms with Crippen molar-refractivity contribution in [2.75, 3.05) is 13.1 Å². The highest BCUT2D eigenvalue weighted by Crippen LogP contribution is 2.21. The highest BCUT2D eigenvalue weighted by atomic mass is 32.1. The summed E-state index contributed by atoms with van der Waals surface area (Å²) < 4.78 is 5.55. The van der Waals surface area contributed by atoms with E-state index in [-0.39, 0.29) is 12.1 Å². The number of piperidine rings is 1. The monoisotopic (exact) mass is 338 g/mol. The number of carbonyl (C=O) groups is 1. The lowest BCUT2D eigenvalue weighted by atomic mass is 10.0. The Bertz CT molecular complexity index is 507. The van der Waals surface area contributed by atoms with Gasteiger partial charge >= 0.3 is 6.09 Å². The molecule has 1 saturated heterocycles. The first-order valence-corrected chi connectivity index (χ1v) is 9.48. The largest absolute Gasteiger partial charge is 0.444 e. The molecule has 1 atom stereocenters. The van der Waals surface area contributed by atoms with Gasteiger partial charge in [0.1, 0.15) is 5.60 Å². The molecule has 1 aromatic rings. The highest BCUT2D eigenvalue weighted by molar-refractivity contribution is 7.11. The van der Waals surface area contributed by atoms with E-state index in [0.29, 0.717) is 0 Å². The maximum absolute atomic E-state index is 12.4. The predicted octanol–water partition coefficient (Wildman–Crippen LogP) is 4.19. The number of nitrogens with one attached hydrogen (secondary N) is 1. The molecular formula is C18H30N2O2S. The van der Waals surface area contributed by atoms with Gasteiger partial charge < -0.3 is 15.0 Å². The van der Waals surface area contributed by atoms with Crippen LogP contribution in [0.1, 0.15) is 56.7 Å². The fourth-order valence-electron chi connectivity index (χ4n) is 2.84. The second-order valence-corrected chi connectivity index (χ2v) is 8.43. The molecule has 4 nitrogen and oxygen atoms in total. The molecule has 0 radical (unpaired) electrons. The maximum Gasteiger partial charge on any atom is 0.410 e. The quantitative estimate of drug-likeness (QED) is 0.875. The lowest BCUT2D eigenvalue weighted by Crippen LogP contribution is -2.50.